The van der Waals surface area contributed by atoms with Crippen molar-refractivity contribution in [3.8, 4) is 34.3 Å². The fourth-order valence-electron chi connectivity index (χ4n) is 7.46. The second-order valence-corrected chi connectivity index (χ2v) is 26.8. The summed E-state index contributed by atoms with van der Waals surface area (Å²) < 4.78 is 72.1. The molecule has 1 fully saturated rings. The molecule has 77 heavy (non-hydrogen) atoms. The molecule has 6 atom stereocenters. The zero-order valence-electron chi connectivity index (χ0n) is 41.3. The zero-order chi connectivity index (χ0) is 55.9. The lowest BCUT2D eigenvalue weighted by atomic mass is 9.90. The van der Waals surface area contributed by atoms with Crippen LogP contribution in [0, 0.1) is 24.2 Å². The number of carbonyl (C=O) groups is 2. The first-order valence-electron chi connectivity index (χ1n) is 23.3. The van der Waals surface area contributed by atoms with Crippen LogP contribution in [0.5, 0.6) is 0 Å². The smallest absolute Gasteiger partial charge is 0.456 e. The van der Waals surface area contributed by atoms with Crippen LogP contribution in [0.4, 0.5) is 16.3 Å². The van der Waals surface area contributed by atoms with E-state index in [1.807, 2.05) is 44.2 Å². The van der Waals surface area contributed by atoms with Gasteiger partial charge in [0.25, 0.3) is 5.91 Å². The van der Waals surface area contributed by atoms with Crippen molar-refractivity contribution >= 4 is 100 Å². The summed E-state index contributed by atoms with van der Waals surface area (Å²) in [6, 6.07) is 15.9. The number of aromatic nitrogens is 2. The Balaban J connectivity index is 0.858. The van der Waals surface area contributed by atoms with Crippen molar-refractivity contribution in [1.82, 2.24) is 25.5 Å². The SMILES string of the molecule is CCS(=S)COC1C[C@H](n2cc(C#CCNC(=O)NCCCCCOCSSCCNC(=O)c3ccc(C)c(-c4c5ccc(=N)cc-5oc5cc(N)ccc45)c3)c(N)nc2=O)O[C@@H]1COP(=O)(O)OP(=O)(O)OP(=O)(O)O. The summed E-state index contributed by atoms with van der Waals surface area (Å²) in [7, 11) is -14.4. The fourth-order valence-corrected chi connectivity index (χ4v) is 12.7. The average Bonchev–Trinajstić information content (AvgIpc) is 3.81. The number of nitrogens with one attached hydrogen (secondary N) is 4. The van der Waals surface area contributed by atoms with Crippen molar-refractivity contribution in [1.29, 1.82) is 5.41 Å². The number of unbranched alkanes of at least 4 members (excludes halogenated alkanes) is 2. The van der Waals surface area contributed by atoms with E-state index in [1.165, 1.54) is 6.20 Å². The van der Waals surface area contributed by atoms with Gasteiger partial charge in [0.2, 0.25) is 0 Å². The Morgan fingerprint density at radius 2 is 1.77 bits per heavy atom. The van der Waals surface area contributed by atoms with Crippen molar-refractivity contribution in [3.63, 3.8) is 0 Å². The van der Waals surface area contributed by atoms with E-state index in [0.717, 1.165) is 45.0 Å². The number of nitrogens with zero attached hydrogens (tertiary/aromatic N) is 2. The molecule has 0 spiro atoms. The number of nitrogen functional groups attached to an aromatic ring is 2. The molecular formula is C45H57N8O17P3S4. The van der Waals surface area contributed by atoms with E-state index in [2.05, 4.69) is 41.4 Å². The molecule has 6 rings (SSSR count). The van der Waals surface area contributed by atoms with Gasteiger partial charge in [0.1, 0.15) is 35.4 Å². The van der Waals surface area contributed by atoms with Crippen molar-refractivity contribution in [2.24, 2.45) is 0 Å². The molecule has 4 unspecified atom stereocenters. The molecule has 3 aromatic rings. The number of fused-ring (bicyclic) bond motifs is 2. The van der Waals surface area contributed by atoms with Gasteiger partial charge in [0.15, 0.2) is 0 Å². The number of ether oxygens (including phenoxy) is 3. The number of phosphoric ester groups is 1. The van der Waals surface area contributed by atoms with E-state index >= 15 is 0 Å². The lowest BCUT2D eigenvalue weighted by Crippen LogP contribution is -2.36. The largest absolute Gasteiger partial charge is 0.490 e. The van der Waals surface area contributed by atoms with Crippen molar-refractivity contribution < 1.29 is 74.6 Å². The first kappa shape index (κ1) is 61.7. The first-order valence-corrected chi connectivity index (χ1v) is 32.8. The third-order valence-electron chi connectivity index (χ3n) is 11.0. The molecule has 25 nitrogen and oxygen atoms in total. The number of amides is 3. The molecule has 0 bridgehead atoms. The minimum absolute atomic E-state index is 0.0483. The number of hydrogen-bond acceptors (Lipinski definition) is 20. The van der Waals surface area contributed by atoms with E-state index < -0.39 is 69.7 Å². The topological polar surface area (TPSA) is 382 Å². The fraction of sp³-hybridized carbons (Fsp3) is 0.400. The summed E-state index contributed by atoms with van der Waals surface area (Å²) >= 11 is 5.33. The first-order chi connectivity index (χ1) is 36.5. The van der Waals surface area contributed by atoms with Gasteiger partial charge in [0.05, 0.1) is 36.1 Å². The van der Waals surface area contributed by atoms with Crippen LogP contribution in [0.1, 0.15) is 60.3 Å². The third-order valence-corrected chi connectivity index (χ3v) is 19.0. The minimum atomic E-state index is -5.78. The molecule has 3 amide bonds. The maximum Gasteiger partial charge on any atom is 0.490 e. The van der Waals surface area contributed by atoms with E-state index in [1.54, 1.807) is 45.9 Å². The predicted molar refractivity (Wildman–Crippen MR) is 295 cm³/mol. The Morgan fingerprint density at radius 1 is 0.974 bits per heavy atom. The number of rotatable bonds is 27. The lowest BCUT2D eigenvalue weighted by Gasteiger charge is -2.21. The van der Waals surface area contributed by atoms with E-state index in [0.29, 0.717) is 71.5 Å². The normalized spacial score (nSPS) is 17.5. The Kier molecular flexibility index (Phi) is 22.9. The second kappa shape index (κ2) is 28.6. The molecule has 418 valence electrons. The van der Waals surface area contributed by atoms with Crippen molar-refractivity contribution in [2.75, 3.05) is 67.7 Å². The lowest BCUT2D eigenvalue weighted by molar-refractivity contribution is -0.0544. The maximum absolute atomic E-state index is 13.3. The monoisotopic (exact) mass is 1200 g/mol. The minimum Gasteiger partial charge on any atom is -0.456 e. The van der Waals surface area contributed by atoms with Crippen molar-refractivity contribution in [3.05, 3.63) is 93.3 Å². The Labute approximate surface area is 456 Å². The van der Waals surface area contributed by atoms with Crippen molar-refractivity contribution in [2.45, 2.75) is 58.0 Å². The summed E-state index contributed by atoms with van der Waals surface area (Å²) in [5, 5.41) is 17.6. The summed E-state index contributed by atoms with van der Waals surface area (Å²) in [5.41, 5.74) is 16.5. The molecule has 3 aliphatic rings. The number of nitrogens with two attached hydrogens (primary N) is 2. The number of carbonyl (C=O) groups excluding carboxylic acids is 2. The number of urea groups is 1. The summed E-state index contributed by atoms with van der Waals surface area (Å²) in [4.78, 5) is 79.4. The summed E-state index contributed by atoms with van der Waals surface area (Å²) in [5.74, 6) is 7.41. The highest BCUT2D eigenvalue weighted by molar-refractivity contribution is 8.76. The summed E-state index contributed by atoms with van der Waals surface area (Å²) in [6.07, 6.45) is 0.246. The molecule has 12 N–H and O–H groups in total. The Bertz CT molecular complexity index is 3250. The number of phosphoric acid groups is 3. The van der Waals surface area contributed by atoms with Gasteiger partial charge in [0, 0.05) is 78.0 Å². The highest BCUT2D eigenvalue weighted by atomic mass is 33.1. The average molecular weight is 1200 g/mol. The van der Waals surface area contributed by atoms with E-state index in [4.69, 9.17) is 61.0 Å². The van der Waals surface area contributed by atoms with Gasteiger partial charge < -0.3 is 71.0 Å². The molecule has 3 heterocycles. The Morgan fingerprint density at radius 3 is 2.53 bits per heavy atom. The number of anilines is 2. The number of benzene rings is 3. The van der Waals surface area contributed by atoms with Gasteiger partial charge in [-0.05, 0) is 90.7 Å². The molecule has 0 saturated carbocycles. The second-order valence-electron chi connectivity index (χ2n) is 16.7. The Hall–Kier alpha value is -4.53. The van der Waals surface area contributed by atoms with Crippen LogP contribution in [0.3, 0.4) is 0 Å². The predicted octanol–water partition coefficient (Wildman–Crippen LogP) is 5.39. The molecule has 2 aromatic carbocycles. The zero-order valence-corrected chi connectivity index (χ0v) is 47.3. The van der Waals surface area contributed by atoms with Crippen LogP contribution in [0.2, 0.25) is 0 Å². The number of hydrogen-bond donors (Lipinski definition) is 10. The third kappa shape index (κ3) is 19.1. The maximum atomic E-state index is 13.3. The van der Waals surface area contributed by atoms with Gasteiger partial charge in [-0.15, -0.1) is 0 Å². The molecule has 1 saturated heterocycles. The van der Waals surface area contributed by atoms with Crippen LogP contribution in [0.25, 0.3) is 33.4 Å². The van der Waals surface area contributed by atoms with E-state index in [9.17, 15) is 37.9 Å². The molecule has 1 aromatic heterocycles. The van der Waals surface area contributed by atoms with Gasteiger partial charge in [-0.2, -0.15) is 13.6 Å². The van der Waals surface area contributed by atoms with Gasteiger partial charge in [-0.1, -0.05) is 55.9 Å². The standard InChI is InChI=1S/C45H57N8O17P3S4/c1-3-77(74)27-65-38-23-40(68-39(38)25-66-72(60,61)70-73(62,63)69-71(57,58)59)53-24-30(42(48)52-45(53)56)8-7-16-51-44(55)50-15-5-4-6-18-64-26-76-75-19-17-49-43(54)29-10-9-28(2)35(20-29)41-33-13-11-31(46)21-36(33)67-37-22-32(47)12-14-34(37)41/h9-14,20-22,24,38-40,46H,3-6,15-19,23,25-27,47H2,1-2H3,(H,49,54)(H,60,61)(H,62,63)(H2,48,52,56)(H2,50,51,55)(H2,57,58,59)/t38?,39-,40-,77?/m1/s1. The van der Waals surface area contributed by atoms with E-state index in [-0.39, 0.29) is 36.2 Å². The molecule has 32 heteroatoms. The van der Waals surface area contributed by atoms with Crippen LogP contribution in [0.15, 0.2) is 70.0 Å². The van der Waals surface area contributed by atoms with Gasteiger partial charge >= 0.3 is 35.2 Å². The van der Waals surface area contributed by atoms with Gasteiger partial charge in [-0.25, -0.2) is 23.3 Å². The van der Waals surface area contributed by atoms with Crippen LogP contribution < -0.4 is 38.5 Å². The van der Waals surface area contributed by atoms with Crippen LogP contribution >= 0.6 is 45.1 Å². The quantitative estimate of drug-likeness (QED) is 0.00599. The van der Waals surface area contributed by atoms with Crippen LogP contribution in [-0.2, 0) is 61.7 Å². The molecule has 1 aliphatic carbocycles. The highest BCUT2D eigenvalue weighted by Gasteiger charge is 2.44. The van der Waals surface area contributed by atoms with Gasteiger partial charge in [-0.3, -0.25) is 13.9 Å². The highest BCUT2D eigenvalue weighted by Crippen LogP contribution is 2.66. The molecular weight excluding hydrogens is 1150 g/mol. The summed E-state index contributed by atoms with van der Waals surface area (Å²) in [6.45, 7) is 4.29. The molecule has 2 aliphatic heterocycles. The molecule has 0 radical (unpaired) electrons. The number of aryl methyl sites for hydroxylation is 1. The van der Waals surface area contributed by atoms with Crippen LogP contribution in [-0.4, -0.2) is 110 Å².